The van der Waals surface area contributed by atoms with Crippen molar-refractivity contribution in [2.45, 2.75) is 0 Å². The molecule has 3 rings (SSSR count). The molecule has 0 aliphatic rings. The summed E-state index contributed by atoms with van der Waals surface area (Å²) in [6.07, 6.45) is 1.50. The van der Waals surface area contributed by atoms with E-state index in [1.165, 1.54) is 25.4 Å². The van der Waals surface area contributed by atoms with Gasteiger partial charge in [-0.25, -0.2) is 4.39 Å². The Balaban J connectivity index is 1.77. The first-order valence-corrected chi connectivity index (χ1v) is 8.11. The van der Waals surface area contributed by atoms with Crippen molar-refractivity contribution < 1.29 is 18.7 Å². The Morgan fingerprint density at radius 1 is 1.00 bits per heavy atom. The van der Waals surface area contributed by atoms with E-state index in [-0.39, 0.29) is 11.5 Å². The largest absolute Gasteiger partial charge is 0.497 e. The van der Waals surface area contributed by atoms with Crippen LogP contribution in [0.15, 0.2) is 60.8 Å². The molecule has 0 saturated carbocycles. The van der Waals surface area contributed by atoms with Crippen molar-refractivity contribution in [3.05, 3.63) is 72.3 Å². The van der Waals surface area contributed by atoms with Crippen molar-refractivity contribution in [1.29, 1.82) is 0 Å². The van der Waals surface area contributed by atoms with Crippen LogP contribution in [0.1, 0.15) is 10.5 Å². The van der Waals surface area contributed by atoms with E-state index in [1.807, 2.05) is 0 Å². The first-order valence-electron chi connectivity index (χ1n) is 8.11. The fourth-order valence-corrected chi connectivity index (χ4v) is 2.45. The number of nitrogens with zero attached hydrogens (tertiary/aromatic N) is 1. The molecule has 0 spiro atoms. The van der Waals surface area contributed by atoms with Gasteiger partial charge in [-0.05, 0) is 42.5 Å². The van der Waals surface area contributed by atoms with Gasteiger partial charge < -0.3 is 20.1 Å². The van der Waals surface area contributed by atoms with Crippen molar-refractivity contribution in [2.24, 2.45) is 0 Å². The van der Waals surface area contributed by atoms with Crippen LogP contribution in [0.3, 0.4) is 0 Å². The second-order valence-corrected chi connectivity index (χ2v) is 5.59. The van der Waals surface area contributed by atoms with E-state index in [1.54, 1.807) is 49.6 Å². The summed E-state index contributed by atoms with van der Waals surface area (Å²) < 4.78 is 23.7. The zero-order valence-corrected chi connectivity index (χ0v) is 14.8. The average molecular weight is 367 g/mol. The Kier molecular flexibility index (Phi) is 5.51. The summed E-state index contributed by atoms with van der Waals surface area (Å²) in [4.78, 5) is 16.6. The number of ether oxygens (including phenoxy) is 2. The number of hydrogen-bond acceptors (Lipinski definition) is 5. The fourth-order valence-electron chi connectivity index (χ4n) is 2.45. The molecule has 0 bridgehead atoms. The second kappa shape index (κ2) is 8.18. The number of anilines is 3. The first-order chi connectivity index (χ1) is 13.1. The summed E-state index contributed by atoms with van der Waals surface area (Å²) in [5.41, 5.74) is 1.88. The molecule has 6 nitrogen and oxygen atoms in total. The molecule has 0 aliphatic carbocycles. The van der Waals surface area contributed by atoms with E-state index in [4.69, 9.17) is 9.47 Å². The minimum Gasteiger partial charge on any atom is -0.497 e. The Labute approximate surface area is 156 Å². The van der Waals surface area contributed by atoms with Gasteiger partial charge in [0, 0.05) is 23.6 Å². The van der Waals surface area contributed by atoms with E-state index in [0.29, 0.717) is 28.6 Å². The number of rotatable bonds is 6. The Bertz CT molecular complexity index is 963. The maximum absolute atomic E-state index is 13.3. The smallest absolute Gasteiger partial charge is 0.274 e. The monoisotopic (exact) mass is 367 g/mol. The summed E-state index contributed by atoms with van der Waals surface area (Å²) >= 11 is 0. The van der Waals surface area contributed by atoms with Crippen LogP contribution in [0.2, 0.25) is 0 Å². The Hall–Kier alpha value is -3.61. The highest BCUT2D eigenvalue weighted by Crippen LogP contribution is 2.29. The third kappa shape index (κ3) is 4.52. The molecular weight excluding hydrogens is 349 g/mol. The lowest BCUT2D eigenvalue weighted by molar-refractivity contribution is 0.102. The number of aromatic nitrogens is 1. The maximum Gasteiger partial charge on any atom is 0.274 e. The van der Waals surface area contributed by atoms with Gasteiger partial charge >= 0.3 is 0 Å². The lowest BCUT2D eigenvalue weighted by Crippen LogP contribution is -2.14. The maximum atomic E-state index is 13.3. The third-order valence-electron chi connectivity index (χ3n) is 3.76. The van der Waals surface area contributed by atoms with Gasteiger partial charge in [0.05, 0.1) is 19.9 Å². The van der Waals surface area contributed by atoms with Crippen molar-refractivity contribution >= 4 is 23.0 Å². The molecule has 138 valence electrons. The van der Waals surface area contributed by atoms with E-state index in [9.17, 15) is 9.18 Å². The highest BCUT2D eigenvalue weighted by molar-refractivity contribution is 6.04. The average Bonchev–Trinajstić information content (AvgIpc) is 2.68. The number of methoxy groups -OCH3 is 2. The molecule has 7 heteroatoms. The zero-order chi connectivity index (χ0) is 19.2. The molecule has 0 fully saturated rings. The van der Waals surface area contributed by atoms with E-state index in [0.717, 1.165) is 0 Å². The Morgan fingerprint density at radius 3 is 2.56 bits per heavy atom. The van der Waals surface area contributed by atoms with Gasteiger partial charge in [-0.1, -0.05) is 6.07 Å². The summed E-state index contributed by atoms with van der Waals surface area (Å²) in [5.74, 6) is 0.334. The zero-order valence-electron chi connectivity index (χ0n) is 14.8. The van der Waals surface area contributed by atoms with Crippen LogP contribution >= 0.6 is 0 Å². The van der Waals surface area contributed by atoms with Crippen molar-refractivity contribution in [3.8, 4) is 11.5 Å². The van der Waals surface area contributed by atoms with Crippen LogP contribution < -0.4 is 20.1 Å². The van der Waals surface area contributed by atoms with Crippen LogP contribution in [0.5, 0.6) is 11.5 Å². The van der Waals surface area contributed by atoms with Crippen LogP contribution in [0.4, 0.5) is 21.5 Å². The van der Waals surface area contributed by atoms with Crippen molar-refractivity contribution in [3.63, 3.8) is 0 Å². The summed E-state index contributed by atoms with van der Waals surface area (Å²) in [6.45, 7) is 0. The minimum absolute atomic E-state index is 0.203. The molecule has 1 amide bonds. The lowest BCUT2D eigenvalue weighted by atomic mass is 10.2. The van der Waals surface area contributed by atoms with Crippen LogP contribution in [-0.2, 0) is 0 Å². The van der Waals surface area contributed by atoms with Gasteiger partial charge in [0.1, 0.15) is 23.0 Å². The van der Waals surface area contributed by atoms with Gasteiger partial charge in [0.2, 0.25) is 0 Å². The number of benzene rings is 2. The topological polar surface area (TPSA) is 72.5 Å². The molecule has 2 N–H and O–H groups in total. The Morgan fingerprint density at radius 2 is 1.81 bits per heavy atom. The predicted molar refractivity (Wildman–Crippen MR) is 101 cm³/mol. The fraction of sp³-hybridized carbons (Fsp3) is 0.100. The molecule has 0 radical (unpaired) electrons. The molecule has 27 heavy (non-hydrogen) atoms. The lowest BCUT2D eigenvalue weighted by Gasteiger charge is -2.12. The molecule has 0 aliphatic heterocycles. The van der Waals surface area contributed by atoms with Gasteiger partial charge in [-0.15, -0.1) is 0 Å². The van der Waals surface area contributed by atoms with Crippen LogP contribution in [-0.4, -0.2) is 25.1 Å². The normalized spacial score (nSPS) is 10.2. The SMILES string of the molecule is COc1ccc(NC(=O)c2cc(Nc3cccc(F)c3)ccn2)c(OC)c1. The number of carbonyl (C=O) groups is 1. The third-order valence-corrected chi connectivity index (χ3v) is 3.76. The van der Waals surface area contributed by atoms with Gasteiger partial charge in [0.25, 0.3) is 5.91 Å². The second-order valence-electron chi connectivity index (χ2n) is 5.59. The van der Waals surface area contributed by atoms with Gasteiger partial charge in [-0.2, -0.15) is 0 Å². The molecule has 1 aromatic heterocycles. The minimum atomic E-state index is -0.402. The number of hydrogen-bond donors (Lipinski definition) is 2. The molecule has 0 saturated heterocycles. The molecule has 1 heterocycles. The molecule has 2 aromatic carbocycles. The van der Waals surface area contributed by atoms with Crippen LogP contribution in [0, 0.1) is 5.82 Å². The van der Waals surface area contributed by atoms with Crippen molar-refractivity contribution in [2.75, 3.05) is 24.9 Å². The standard InChI is InChI=1S/C20H18FN3O3/c1-26-16-6-7-17(19(12-16)27-2)24-20(25)18-11-15(8-9-22-18)23-14-5-3-4-13(21)10-14/h3-12H,1-2H3,(H,22,23)(H,24,25). The molecule has 0 atom stereocenters. The summed E-state index contributed by atoms with van der Waals surface area (Å²) in [5, 5.41) is 5.80. The number of pyridine rings is 1. The van der Waals surface area contributed by atoms with E-state index >= 15 is 0 Å². The van der Waals surface area contributed by atoms with E-state index < -0.39 is 5.91 Å². The highest BCUT2D eigenvalue weighted by Gasteiger charge is 2.12. The van der Waals surface area contributed by atoms with Crippen LogP contribution in [0.25, 0.3) is 0 Å². The molecule has 3 aromatic rings. The molecule has 0 unspecified atom stereocenters. The van der Waals surface area contributed by atoms with E-state index in [2.05, 4.69) is 15.6 Å². The number of nitrogens with one attached hydrogen (secondary N) is 2. The summed E-state index contributed by atoms with van der Waals surface area (Å²) in [7, 11) is 3.06. The number of amides is 1. The predicted octanol–water partition coefficient (Wildman–Crippen LogP) is 4.23. The molecular formula is C20H18FN3O3. The number of carbonyl (C=O) groups excluding carboxylic acids is 1. The summed E-state index contributed by atoms with van der Waals surface area (Å²) in [6, 6.07) is 14.4. The van der Waals surface area contributed by atoms with Gasteiger partial charge in [0.15, 0.2) is 0 Å². The number of halogens is 1. The van der Waals surface area contributed by atoms with Crippen molar-refractivity contribution in [1.82, 2.24) is 4.98 Å². The van der Waals surface area contributed by atoms with Gasteiger partial charge in [-0.3, -0.25) is 9.78 Å². The quantitative estimate of drug-likeness (QED) is 0.682. The first kappa shape index (κ1) is 18.2. The highest BCUT2D eigenvalue weighted by atomic mass is 19.1.